The van der Waals surface area contributed by atoms with Crippen LogP contribution in [0.4, 0.5) is 0 Å². The van der Waals surface area contributed by atoms with E-state index in [1.807, 2.05) is 0 Å². The fourth-order valence-corrected chi connectivity index (χ4v) is 4.53. The Morgan fingerprint density at radius 1 is 0.556 bits per heavy atom. The van der Waals surface area contributed by atoms with Gasteiger partial charge in [0, 0.05) is 5.30 Å². The smallest absolute Gasteiger partial charge is 0.205 e. The number of hydrogen-bond acceptors (Lipinski definition) is 2. The molecular weight excluding hydrogens is 351 g/mol. The van der Waals surface area contributed by atoms with E-state index in [0.717, 1.165) is 26.1 Å². The van der Waals surface area contributed by atoms with Gasteiger partial charge in [0.15, 0.2) is 0 Å². The Kier molecular flexibility index (Phi) is 17.2. The van der Waals surface area contributed by atoms with Crippen LogP contribution in [0.3, 0.4) is 0 Å². The molecule has 1 rings (SSSR count). The highest BCUT2D eigenvalue weighted by atomic mass is 31.2. The summed E-state index contributed by atoms with van der Waals surface area (Å²) in [5.74, 6) is 0. The van der Waals surface area contributed by atoms with Gasteiger partial charge in [0.05, 0.1) is 13.2 Å². The lowest BCUT2D eigenvalue weighted by Gasteiger charge is -2.18. The summed E-state index contributed by atoms with van der Waals surface area (Å²) in [6, 6.07) is 10.5. The molecule has 0 bridgehead atoms. The van der Waals surface area contributed by atoms with Crippen LogP contribution in [-0.2, 0) is 9.05 Å². The van der Waals surface area contributed by atoms with Crippen LogP contribution in [0, 0.1) is 0 Å². The van der Waals surface area contributed by atoms with Gasteiger partial charge in [-0.05, 0) is 25.0 Å². The Hall–Kier alpha value is -0.430. The third kappa shape index (κ3) is 14.3. The highest BCUT2D eigenvalue weighted by Gasteiger charge is 2.13. The molecule has 0 aromatic heterocycles. The third-order valence-electron chi connectivity index (χ3n) is 4.88. The molecule has 0 heterocycles. The molecule has 1 aromatic rings. The molecule has 0 unspecified atom stereocenters. The average Bonchev–Trinajstić information content (AvgIpc) is 2.71. The molecule has 1 aromatic carbocycles. The summed E-state index contributed by atoms with van der Waals surface area (Å²) in [6.45, 7) is 6.19. The molecule has 27 heavy (non-hydrogen) atoms. The molecule has 0 saturated carbocycles. The van der Waals surface area contributed by atoms with Crippen LogP contribution in [0.25, 0.3) is 0 Å². The monoisotopic (exact) mass is 394 g/mol. The summed E-state index contributed by atoms with van der Waals surface area (Å²) in [5, 5.41) is 1.21. The number of benzene rings is 1. The first-order valence-corrected chi connectivity index (χ1v) is 12.7. The molecule has 3 heteroatoms. The van der Waals surface area contributed by atoms with Crippen molar-refractivity contribution in [3.05, 3.63) is 30.3 Å². The molecule has 156 valence electrons. The van der Waals surface area contributed by atoms with Gasteiger partial charge in [0.25, 0.3) is 0 Å². The van der Waals surface area contributed by atoms with E-state index in [-0.39, 0.29) is 0 Å². The quantitative estimate of drug-likeness (QED) is 0.174. The highest BCUT2D eigenvalue weighted by molar-refractivity contribution is 7.56. The van der Waals surface area contributed by atoms with Gasteiger partial charge in [-0.15, -0.1) is 0 Å². The molecule has 0 aliphatic rings. The molecule has 0 saturated heterocycles. The van der Waals surface area contributed by atoms with Crippen molar-refractivity contribution in [1.29, 1.82) is 0 Å². The van der Waals surface area contributed by atoms with E-state index < -0.39 is 8.38 Å². The summed E-state index contributed by atoms with van der Waals surface area (Å²) < 4.78 is 12.3. The fourth-order valence-electron chi connectivity index (χ4n) is 3.15. The Balaban J connectivity index is 2.17. The van der Waals surface area contributed by atoms with Crippen LogP contribution in [0.2, 0.25) is 0 Å². The summed E-state index contributed by atoms with van der Waals surface area (Å²) in [4.78, 5) is 0. The lowest BCUT2D eigenvalue weighted by Crippen LogP contribution is -2.07. The van der Waals surface area contributed by atoms with Crippen molar-refractivity contribution in [3.63, 3.8) is 0 Å². The minimum absolute atomic E-state index is 0.825. The molecule has 2 nitrogen and oxygen atoms in total. The van der Waals surface area contributed by atoms with Crippen molar-refractivity contribution >= 4 is 13.7 Å². The van der Waals surface area contributed by atoms with Crippen molar-refractivity contribution in [2.24, 2.45) is 0 Å². The topological polar surface area (TPSA) is 18.5 Å². The van der Waals surface area contributed by atoms with Crippen LogP contribution >= 0.6 is 8.38 Å². The average molecular weight is 395 g/mol. The van der Waals surface area contributed by atoms with Gasteiger partial charge in [0.2, 0.25) is 8.38 Å². The Labute approximate surface area is 170 Å². The molecular formula is C24H43O2P. The summed E-state index contributed by atoms with van der Waals surface area (Å²) in [7, 11) is -0.916. The molecule has 0 N–H and O–H groups in total. The van der Waals surface area contributed by atoms with E-state index in [1.165, 1.54) is 82.4 Å². The summed E-state index contributed by atoms with van der Waals surface area (Å²) >= 11 is 0. The standard InChI is InChI=1S/C24H43O2P/c1-3-5-7-9-11-13-18-22-25-27(24-20-16-15-17-21-24)26-23-19-14-12-10-8-6-4-2/h15-17,20-21H,3-14,18-19,22-23H2,1-2H3. The van der Waals surface area contributed by atoms with E-state index >= 15 is 0 Å². The minimum atomic E-state index is -0.916. The van der Waals surface area contributed by atoms with E-state index in [2.05, 4.69) is 44.2 Å². The second-order valence-electron chi connectivity index (χ2n) is 7.50. The van der Waals surface area contributed by atoms with Gasteiger partial charge < -0.3 is 9.05 Å². The summed E-state index contributed by atoms with van der Waals surface area (Å²) in [5.41, 5.74) is 0. The van der Waals surface area contributed by atoms with Crippen molar-refractivity contribution in [3.8, 4) is 0 Å². The molecule has 0 aliphatic heterocycles. The zero-order chi connectivity index (χ0) is 19.4. The molecule has 0 radical (unpaired) electrons. The van der Waals surface area contributed by atoms with Crippen molar-refractivity contribution in [2.45, 2.75) is 104 Å². The molecule has 0 atom stereocenters. The lowest BCUT2D eigenvalue weighted by atomic mass is 10.1. The zero-order valence-corrected chi connectivity index (χ0v) is 18.9. The van der Waals surface area contributed by atoms with Crippen LogP contribution in [-0.4, -0.2) is 13.2 Å². The fraction of sp³-hybridized carbons (Fsp3) is 0.750. The molecule has 0 spiro atoms. The van der Waals surface area contributed by atoms with E-state index in [1.54, 1.807) is 0 Å². The first-order chi connectivity index (χ1) is 13.4. The van der Waals surface area contributed by atoms with Gasteiger partial charge in [-0.25, -0.2) is 0 Å². The zero-order valence-electron chi connectivity index (χ0n) is 18.0. The maximum absolute atomic E-state index is 6.16. The first kappa shape index (κ1) is 24.6. The van der Waals surface area contributed by atoms with Crippen molar-refractivity contribution < 1.29 is 9.05 Å². The Morgan fingerprint density at radius 3 is 1.41 bits per heavy atom. The lowest BCUT2D eigenvalue weighted by molar-refractivity contribution is 0.246. The van der Waals surface area contributed by atoms with Gasteiger partial charge in [-0.1, -0.05) is 109 Å². The maximum atomic E-state index is 6.16. The van der Waals surface area contributed by atoms with Gasteiger partial charge >= 0.3 is 0 Å². The first-order valence-electron chi connectivity index (χ1n) is 11.5. The van der Waals surface area contributed by atoms with Crippen molar-refractivity contribution in [1.82, 2.24) is 0 Å². The van der Waals surface area contributed by atoms with E-state index in [4.69, 9.17) is 9.05 Å². The summed E-state index contributed by atoms with van der Waals surface area (Å²) in [6.07, 6.45) is 18.4. The van der Waals surface area contributed by atoms with Crippen LogP contribution in [0.1, 0.15) is 104 Å². The number of unbranched alkanes of at least 4 members (excludes halogenated alkanes) is 12. The second-order valence-corrected chi connectivity index (χ2v) is 9.05. The number of rotatable bonds is 19. The largest absolute Gasteiger partial charge is 0.331 e. The van der Waals surface area contributed by atoms with Gasteiger partial charge in [0.1, 0.15) is 0 Å². The third-order valence-corrected chi connectivity index (χ3v) is 6.43. The Bertz CT molecular complexity index is 390. The highest BCUT2D eigenvalue weighted by Crippen LogP contribution is 2.37. The minimum Gasteiger partial charge on any atom is -0.331 e. The predicted molar refractivity (Wildman–Crippen MR) is 121 cm³/mol. The van der Waals surface area contributed by atoms with Gasteiger partial charge in [-0.2, -0.15) is 0 Å². The van der Waals surface area contributed by atoms with Crippen LogP contribution < -0.4 is 5.30 Å². The van der Waals surface area contributed by atoms with E-state index in [9.17, 15) is 0 Å². The van der Waals surface area contributed by atoms with Crippen LogP contribution in [0.5, 0.6) is 0 Å². The maximum Gasteiger partial charge on any atom is 0.205 e. The van der Waals surface area contributed by atoms with E-state index in [0.29, 0.717) is 0 Å². The predicted octanol–water partition coefficient (Wildman–Crippen LogP) is 8.16. The molecule has 0 aliphatic carbocycles. The molecule has 0 fully saturated rings. The second kappa shape index (κ2) is 18.9. The Morgan fingerprint density at radius 2 is 0.963 bits per heavy atom. The SMILES string of the molecule is CCCCCCCCCOP(OCCCCCCCCC)c1ccccc1. The van der Waals surface area contributed by atoms with Crippen molar-refractivity contribution in [2.75, 3.05) is 13.2 Å². The van der Waals surface area contributed by atoms with Gasteiger partial charge in [-0.3, -0.25) is 0 Å². The van der Waals surface area contributed by atoms with Crippen LogP contribution in [0.15, 0.2) is 30.3 Å². The molecule has 0 amide bonds. The number of hydrogen-bond donors (Lipinski definition) is 0. The normalized spacial score (nSPS) is 11.4.